The van der Waals surface area contributed by atoms with Crippen LogP contribution in [0.5, 0.6) is 0 Å². The quantitative estimate of drug-likeness (QED) is 0.864. The number of aryl methyl sites for hydroxylation is 2. The Morgan fingerprint density at radius 3 is 2.94 bits per heavy atom. The number of anilines is 1. The highest BCUT2D eigenvalue weighted by molar-refractivity contribution is 14.1. The van der Waals surface area contributed by atoms with Gasteiger partial charge in [0.25, 0.3) is 0 Å². The number of nitrogens with zero attached hydrogens (tertiary/aromatic N) is 2. The first-order valence-electron chi connectivity index (χ1n) is 5.69. The van der Waals surface area contributed by atoms with Crippen molar-refractivity contribution < 1.29 is 0 Å². The molecule has 0 aliphatic heterocycles. The van der Waals surface area contributed by atoms with Crippen molar-refractivity contribution in [3.05, 3.63) is 45.6 Å². The molecule has 0 atom stereocenters. The van der Waals surface area contributed by atoms with E-state index >= 15 is 0 Å². The molecule has 0 unspecified atom stereocenters. The van der Waals surface area contributed by atoms with E-state index in [0.29, 0.717) is 0 Å². The highest BCUT2D eigenvalue weighted by Gasteiger charge is 2.02. The average Bonchev–Trinajstić information content (AvgIpc) is 2.75. The maximum absolute atomic E-state index is 4.16. The van der Waals surface area contributed by atoms with Crippen LogP contribution in [0.15, 0.2) is 30.7 Å². The summed E-state index contributed by atoms with van der Waals surface area (Å²) in [5, 5.41) is 3.45. The second kappa shape index (κ2) is 5.53. The van der Waals surface area contributed by atoms with Crippen LogP contribution in [-0.2, 0) is 13.1 Å². The van der Waals surface area contributed by atoms with Gasteiger partial charge in [0, 0.05) is 22.0 Å². The van der Waals surface area contributed by atoms with Crippen molar-refractivity contribution in [3.63, 3.8) is 0 Å². The predicted molar refractivity (Wildman–Crippen MR) is 79.1 cm³/mol. The van der Waals surface area contributed by atoms with Crippen LogP contribution in [0.3, 0.4) is 0 Å². The minimum atomic E-state index is 0.815. The highest BCUT2D eigenvalue weighted by Crippen LogP contribution is 2.18. The standard InChI is InChI=1S/C13H16IN3/c1-3-17-9-15-7-12(17)8-16-13-5-4-11(14)6-10(13)2/h4-7,9,16H,3,8H2,1-2H3. The van der Waals surface area contributed by atoms with Gasteiger partial charge in [0.05, 0.1) is 18.6 Å². The number of benzene rings is 1. The summed E-state index contributed by atoms with van der Waals surface area (Å²) in [6, 6.07) is 6.43. The Balaban J connectivity index is 2.07. The predicted octanol–water partition coefficient (Wildman–Crippen LogP) is 3.43. The summed E-state index contributed by atoms with van der Waals surface area (Å²) in [6.07, 6.45) is 3.79. The Labute approximate surface area is 115 Å². The van der Waals surface area contributed by atoms with E-state index in [1.54, 1.807) is 0 Å². The highest BCUT2D eigenvalue weighted by atomic mass is 127. The molecule has 0 saturated heterocycles. The van der Waals surface area contributed by atoms with Gasteiger partial charge in [-0.3, -0.25) is 0 Å². The maximum Gasteiger partial charge on any atom is 0.0948 e. The molecule has 1 aromatic heterocycles. The number of nitrogens with one attached hydrogen (secondary N) is 1. The number of rotatable bonds is 4. The van der Waals surface area contributed by atoms with E-state index in [9.17, 15) is 0 Å². The van der Waals surface area contributed by atoms with Gasteiger partial charge in [-0.1, -0.05) is 0 Å². The maximum atomic E-state index is 4.16. The van der Waals surface area contributed by atoms with Gasteiger partial charge in [0.1, 0.15) is 0 Å². The molecule has 0 saturated carbocycles. The molecule has 0 aliphatic carbocycles. The van der Waals surface area contributed by atoms with E-state index in [2.05, 4.69) is 69.5 Å². The van der Waals surface area contributed by atoms with Gasteiger partial charge in [0.2, 0.25) is 0 Å². The molecule has 0 amide bonds. The van der Waals surface area contributed by atoms with Gasteiger partial charge in [-0.25, -0.2) is 4.98 Å². The third-order valence-electron chi connectivity index (χ3n) is 2.79. The molecule has 1 aromatic carbocycles. The Morgan fingerprint density at radius 2 is 2.24 bits per heavy atom. The van der Waals surface area contributed by atoms with Crippen LogP contribution < -0.4 is 5.32 Å². The second-order valence-corrected chi connectivity index (χ2v) is 5.23. The van der Waals surface area contributed by atoms with Crippen LogP contribution in [0.25, 0.3) is 0 Å². The molecule has 2 rings (SSSR count). The fourth-order valence-corrected chi connectivity index (χ4v) is 2.44. The van der Waals surface area contributed by atoms with Crippen molar-refractivity contribution in [2.24, 2.45) is 0 Å². The average molecular weight is 341 g/mol. The van der Waals surface area contributed by atoms with E-state index in [1.807, 2.05) is 12.5 Å². The van der Waals surface area contributed by atoms with Crippen molar-refractivity contribution in [2.45, 2.75) is 26.9 Å². The van der Waals surface area contributed by atoms with E-state index in [4.69, 9.17) is 0 Å². The van der Waals surface area contributed by atoms with Gasteiger partial charge in [-0.05, 0) is 60.2 Å². The van der Waals surface area contributed by atoms with Crippen molar-refractivity contribution in [1.29, 1.82) is 0 Å². The molecule has 1 heterocycles. The zero-order chi connectivity index (χ0) is 12.3. The monoisotopic (exact) mass is 341 g/mol. The molecule has 0 fully saturated rings. The number of hydrogen-bond donors (Lipinski definition) is 1. The Morgan fingerprint density at radius 1 is 1.41 bits per heavy atom. The van der Waals surface area contributed by atoms with Crippen LogP contribution in [0.2, 0.25) is 0 Å². The summed E-state index contributed by atoms with van der Waals surface area (Å²) < 4.78 is 3.42. The number of imidazole rings is 1. The first kappa shape index (κ1) is 12.4. The first-order valence-corrected chi connectivity index (χ1v) is 6.77. The second-order valence-electron chi connectivity index (χ2n) is 3.98. The van der Waals surface area contributed by atoms with E-state index in [1.165, 1.54) is 20.5 Å². The summed E-state index contributed by atoms with van der Waals surface area (Å²) in [5.74, 6) is 0. The van der Waals surface area contributed by atoms with Crippen LogP contribution in [0, 0.1) is 10.5 Å². The zero-order valence-electron chi connectivity index (χ0n) is 10.1. The minimum absolute atomic E-state index is 0.815. The summed E-state index contributed by atoms with van der Waals surface area (Å²) in [7, 11) is 0. The van der Waals surface area contributed by atoms with Gasteiger partial charge < -0.3 is 9.88 Å². The summed E-state index contributed by atoms with van der Waals surface area (Å²) >= 11 is 2.33. The summed E-state index contributed by atoms with van der Waals surface area (Å²) in [4.78, 5) is 4.16. The van der Waals surface area contributed by atoms with E-state index in [-0.39, 0.29) is 0 Å². The molecule has 4 heteroatoms. The fraction of sp³-hybridized carbons (Fsp3) is 0.308. The molecule has 0 aliphatic rings. The molecule has 90 valence electrons. The largest absolute Gasteiger partial charge is 0.379 e. The van der Waals surface area contributed by atoms with Crippen LogP contribution in [0.1, 0.15) is 18.2 Å². The molecule has 0 radical (unpaired) electrons. The summed E-state index contributed by atoms with van der Waals surface area (Å²) in [5.41, 5.74) is 3.68. The zero-order valence-corrected chi connectivity index (χ0v) is 12.2. The molecule has 0 spiro atoms. The van der Waals surface area contributed by atoms with Crippen molar-refractivity contribution in [2.75, 3.05) is 5.32 Å². The Kier molecular flexibility index (Phi) is 4.04. The molecule has 2 aromatic rings. The first-order chi connectivity index (χ1) is 8.20. The number of hydrogen-bond acceptors (Lipinski definition) is 2. The molecular formula is C13H16IN3. The van der Waals surface area contributed by atoms with Crippen LogP contribution in [0.4, 0.5) is 5.69 Å². The van der Waals surface area contributed by atoms with Gasteiger partial charge >= 0.3 is 0 Å². The minimum Gasteiger partial charge on any atom is -0.379 e. The molecule has 17 heavy (non-hydrogen) atoms. The Hall–Kier alpha value is -1.04. The molecule has 0 bridgehead atoms. The normalized spacial score (nSPS) is 10.5. The lowest BCUT2D eigenvalue weighted by molar-refractivity contribution is 0.719. The van der Waals surface area contributed by atoms with Crippen LogP contribution >= 0.6 is 22.6 Å². The topological polar surface area (TPSA) is 29.9 Å². The molecule has 3 nitrogen and oxygen atoms in total. The lowest BCUT2D eigenvalue weighted by Gasteiger charge is -2.11. The van der Waals surface area contributed by atoms with Crippen molar-refractivity contribution in [3.8, 4) is 0 Å². The van der Waals surface area contributed by atoms with E-state index < -0.39 is 0 Å². The molecular weight excluding hydrogens is 325 g/mol. The SMILES string of the molecule is CCn1cncc1CNc1ccc(I)cc1C. The van der Waals surface area contributed by atoms with Gasteiger partial charge in [0.15, 0.2) is 0 Å². The van der Waals surface area contributed by atoms with Crippen LogP contribution in [-0.4, -0.2) is 9.55 Å². The van der Waals surface area contributed by atoms with E-state index in [0.717, 1.165) is 13.1 Å². The van der Waals surface area contributed by atoms with Crippen molar-refractivity contribution in [1.82, 2.24) is 9.55 Å². The third kappa shape index (κ3) is 3.00. The third-order valence-corrected chi connectivity index (χ3v) is 3.46. The molecule has 1 N–H and O–H groups in total. The fourth-order valence-electron chi connectivity index (χ4n) is 1.79. The van der Waals surface area contributed by atoms with Gasteiger partial charge in [-0.15, -0.1) is 0 Å². The van der Waals surface area contributed by atoms with Gasteiger partial charge in [-0.2, -0.15) is 0 Å². The summed E-state index contributed by atoms with van der Waals surface area (Å²) in [6.45, 7) is 6.03. The number of aromatic nitrogens is 2. The lowest BCUT2D eigenvalue weighted by Crippen LogP contribution is -2.06. The van der Waals surface area contributed by atoms with Crippen molar-refractivity contribution >= 4 is 28.3 Å². The smallest absolute Gasteiger partial charge is 0.0948 e. The number of halogens is 1. The Bertz CT molecular complexity index is 505. The lowest BCUT2D eigenvalue weighted by atomic mass is 10.2.